The van der Waals surface area contributed by atoms with Crippen LogP contribution in [-0.4, -0.2) is 4.98 Å². The predicted molar refractivity (Wildman–Crippen MR) is 66.7 cm³/mol. The lowest BCUT2D eigenvalue weighted by molar-refractivity contribution is 0.633. The third kappa shape index (κ3) is 1.66. The van der Waals surface area contributed by atoms with E-state index in [2.05, 4.69) is 26.3 Å². The fourth-order valence-electron chi connectivity index (χ4n) is 1.74. The molecule has 0 aliphatic rings. The van der Waals surface area contributed by atoms with Gasteiger partial charge in [-0.1, -0.05) is 0 Å². The van der Waals surface area contributed by atoms with Gasteiger partial charge in [-0.15, -0.1) is 0 Å². The molecule has 0 amide bonds. The van der Waals surface area contributed by atoms with E-state index in [1.54, 1.807) is 12.1 Å². The smallest absolute Gasteiger partial charge is 0.148 e. The highest BCUT2D eigenvalue weighted by Crippen LogP contribution is 2.32. The largest absolute Gasteiger partial charge is 0.323 e. The van der Waals surface area contributed by atoms with Crippen LogP contribution in [0.4, 0.5) is 10.1 Å². The van der Waals surface area contributed by atoms with Crippen molar-refractivity contribution in [3.63, 3.8) is 0 Å². The predicted octanol–water partition coefficient (Wildman–Crippen LogP) is 3.04. The fourth-order valence-corrected chi connectivity index (χ4v) is 2.28. The molecule has 0 bridgehead atoms. The van der Waals surface area contributed by atoms with E-state index in [0.29, 0.717) is 21.1 Å². The van der Waals surface area contributed by atoms with E-state index in [9.17, 15) is 4.39 Å². The summed E-state index contributed by atoms with van der Waals surface area (Å²) < 4.78 is 14.4. The van der Waals surface area contributed by atoms with Crippen molar-refractivity contribution in [2.24, 2.45) is 5.84 Å². The maximum atomic E-state index is 14.0. The number of pyridine rings is 1. The van der Waals surface area contributed by atoms with Crippen LogP contribution >= 0.6 is 15.9 Å². The number of hydrogen-bond acceptors (Lipinski definition) is 3. The van der Waals surface area contributed by atoms with Gasteiger partial charge in [0.2, 0.25) is 0 Å². The summed E-state index contributed by atoms with van der Waals surface area (Å²) in [6, 6.07) is 3.43. The number of nitrogens with one attached hydrogen (secondary N) is 1. The van der Waals surface area contributed by atoms with Crippen molar-refractivity contribution in [2.45, 2.75) is 13.8 Å². The summed E-state index contributed by atoms with van der Waals surface area (Å²) in [5.74, 6) is 5.05. The van der Waals surface area contributed by atoms with E-state index in [-0.39, 0.29) is 5.82 Å². The number of hydrogen-bond donors (Lipinski definition) is 2. The Balaban J connectivity index is 2.99. The van der Waals surface area contributed by atoms with Crippen molar-refractivity contribution in [1.82, 2.24) is 4.98 Å². The molecule has 2 aromatic rings. The SMILES string of the molecule is Cc1cc(NN)c2c(F)c(Br)cc(C)c2n1. The number of nitrogens with zero attached hydrogens (tertiary/aromatic N) is 1. The fraction of sp³-hybridized carbons (Fsp3) is 0.182. The van der Waals surface area contributed by atoms with Crippen LogP contribution in [0.5, 0.6) is 0 Å². The Kier molecular flexibility index (Phi) is 2.82. The zero-order chi connectivity index (χ0) is 11.9. The van der Waals surface area contributed by atoms with Gasteiger partial charge in [0, 0.05) is 5.69 Å². The van der Waals surface area contributed by atoms with E-state index in [0.717, 1.165) is 11.3 Å². The van der Waals surface area contributed by atoms with Gasteiger partial charge in [0.1, 0.15) is 5.82 Å². The van der Waals surface area contributed by atoms with Gasteiger partial charge in [0.05, 0.1) is 21.1 Å². The topological polar surface area (TPSA) is 50.9 Å². The molecule has 16 heavy (non-hydrogen) atoms. The quantitative estimate of drug-likeness (QED) is 0.625. The maximum Gasteiger partial charge on any atom is 0.148 e. The van der Waals surface area contributed by atoms with Crippen LogP contribution in [0.25, 0.3) is 10.9 Å². The summed E-state index contributed by atoms with van der Waals surface area (Å²) in [7, 11) is 0. The van der Waals surface area contributed by atoms with Gasteiger partial charge >= 0.3 is 0 Å². The number of fused-ring (bicyclic) bond motifs is 1. The van der Waals surface area contributed by atoms with Crippen molar-refractivity contribution < 1.29 is 4.39 Å². The normalized spacial score (nSPS) is 10.8. The molecule has 0 saturated carbocycles. The van der Waals surface area contributed by atoms with Gasteiger partial charge in [-0.2, -0.15) is 0 Å². The summed E-state index contributed by atoms with van der Waals surface area (Å²) in [4.78, 5) is 4.33. The molecule has 5 heteroatoms. The zero-order valence-corrected chi connectivity index (χ0v) is 10.5. The highest BCUT2D eigenvalue weighted by atomic mass is 79.9. The van der Waals surface area contributed by atoms with Crippen molar-refractivity contribution in [2.75, 3.05) is 5.43 Å². The lowest BCUT2D eigenvalue weighted by Gasteiger charge is -2.11. The van der Waals surface area contributed by atoms with Crippen molar-refractivity contribution in [3.05, 3.63) is 33.7 Å². The number of aryl methyl sites for hydroxylation is 2. The molecule has 1 aromatic carbocycles. The van der Waals surface area contributed by atoms with E-state index < -0.39 is 0 Å². The van der Waals surface area contributed by atoms with Crippen LogP contribution < -0.4 is 11.3 Å². The number of aromatic nitrogens is 1. The molecule has 0 saturated heterocycles. The molecule has 0 atom stereocenters. The average Bonchev–Trinajstić information content (AvgIpc) is 2.25. The van der Waals surface area contributed by atoms with Crippen LogP contribution in [0.3, 0.4) is 0 Å². The van der Waals surface area contributed by atoms with Crippen LogP contribution in [-0.2, 0) is 0 Å². The molecular formula is C11H11BrFN3. The number of nitrogen functional groups attached to an aromatic ring is 1. The van der Waals surface area contributed by atoms with E-state index in [1.165, 1.54) is 0 Å². The second kappa shape index (κ2) is 3.99. The summed E-state index contributed by atoms with van der Waals surface area (Å²) in [6.07, 6.45) is 0. The molecule has 0 fully saturated rings. The second-order valence-corrected chi connectivity index (χ2v) is 4.52. The minimum absolute atomic E-state index is 0.346. The first-order chi connectivity index (χ1) is 7.54. The monoisotopic (exact) mass is 283 g/mol. The number of benzene rings is 1. The minimum Gasteiger partial charge on any atom is -0.323 e. The van der Waals surface area contributed by atoms with Crippen molar-refractivity contribution >= 4 is 32.5 Å². The molecule has 3 N–H and O–H groups in total. The highest BCUT2D eigenvalue weighted by Gasteiger charge is 2.13. The van der Waals surface area contributed by atoms with Crippen LogP contribution in [0.1, 0.15) is 11.3 Å². The number of anilines is 1. The Morgan fingerprint density at radius 2 is 2.06 bits per heavy atom. The van der Waals surface area contributed by atoms with Crippen LogP contribution in [0, 0.1) is 19.7 Å². The molecule has 0 spiro atoms. The third-order valence-corrected chi connectivity index (χ3v) is 3.03. The number of hydrazine groups is 1. The third-order valence-electron chi connectivity index (χ3n) is 2.45. The molecule has 0 aliphatic carbocycles. The standard InChI is InChI=1S/C11H11BrFN3/c1-5-3-7(12)10(13)9-8(16-14)4-6(2)15-11(5)9/h3-4H,14H2,1-2H3,(H,15,16). The molecule has 0 aliphatic heterocycles. The van der Waals surface area contributed by atoms with Gasteiger partial charge in [0.15, 0.2) is 0 Å². The number of halogens is 2. The zero-order valence-electron chi connectivity index (χ0n) is 8.94. The highest BCUT2D eigenvalue weighted by molar-refractivity contribution is 9.10. The first-order valence-electron chi connectivity index (χ1n) is 4.77. The molecule has 2 rings (SSSR count). The van der Waals surface area contributed by atoms with Crippen molar-refractivity contribution in [1.29, 1.82) is 0 Å². The molecule has 0 unspecified atom stereocenters. The Labute approximate surface area is 101 Å². The average molecular weight is 284 g/mol. The van der Waals surface area contributed by atoms with Crippen LogP contribution in [0.2, 0.25) is 0 Å². The van der Waals surface area contributed by atoms with E-state index >= 15 is 0 Å². The number of rotatable bonds is 1. The first-order valence-corrected chi connectivity index (χ1v) is 5.56. The maximum absolute atomic E-state index is 14.0. The summed E-state index contributed by atoms with van der Waals surface area (Å²) >= 11 is 3.18. The summed E-state index contributed by atoms with van der Waals surface area (Å²) in [6.45, 7) is 3.74. The van der Waals surface area contributed by atoms with Crippen LogP contribution in [0.15, 0.2) is 16.6 Å². The molecule has 1 heterocycles. The summed E-state index contributed by atoms with van der Waals surface area (Å²) in [5, 5.41) is 0.417. The summed E-state index contributed by atoms with van der Waals surface area (Å²) in [5.41, 5.74) is 5.39. The lowest BCUT2D eigenvalue weighted by Crippen LogP contribution is -2.09. The first kappa shape index (κ1) is 11.3. The van der Waals surface area contributed by atoms with Crippen molar-refractivity contribution in [3.8, 4) is 0 Å². The Morgan fingerprint density at radius 3 is 2.69 bits per heavy atom. The molecule has 84 valence electrons. The molecule has 1 aromatic heterocycles. The second-order valence-electron chi connectivity index (χ2n) is 3.67. The Morgan fingerprint density at radius 1 is 1.38 bits per heavy atom. The molecule has 3 nitrogen and oxygen atoms in total. The number of nitrogens with two attached hydrogens (primary N) is 1. The Hall–Kier alpha value is -1.20. The van der Waals surface area contributed by atoms with Gasteiger partial charge in [-0.25, -0.2) is 4.39 Å². The van der Waals surface area contributed by atoms with E-state index in [1.807, 2.05) is 13.8 Å². The van der Waals surface area contributed by atoms with Gasteiger partial charge in [-0.3, -0.25) is 10.8 Å². The van der Waals surface area contributed by atoms with Gasteiger partial charge in [0.25, 0.3) is 0 Å². The minimum atomic E-state index is -0.346. The Bertz CT molecular complexity index is 569. The lowest BCUT2D eigenvalue weighted by atomic mass is 10.1. The van der Waals surface area contributed by atoms with Gasteiger partial charge in [-0.05, 0) is 47.5 Å². The molecular weight excluding hydrogens is 273 g/mol. The van der Waals surface area contributed by atoms with E-state index in [4.69, 9.17) is 5.84 Å². The molecule has 0 radical (unpaired) electrons. The van der Waals surface area contributed by atoms with Gasteiger partial charge < -0.3 is 5.43 Å².